The summed E-state index contributed by atoms with van der Waals surface area (Å²) < 4.78 is 12.8. The third-order valence-electron chi connectivity index (χ3n) is 3.17. The number of halogens is 2. The number of rotatable bonds is 5. The van der Waals surface area contributed by atoms with Gasteiger partial charge in [-0.1, -0.05) is 23.7 Å². The maximum atomic E-state index is 12.8. The molecule has 0 aromatic heterocycles. The first-order valence-electron chi connectivity index (χ1n) is 7.18. The normalized spacial score (nSPS) is 10.6. The van der Waals surface area contributed by atoms with E-state index in [1.165, 1.54) is 42.3 Å². The van der Waals surface area contributed by atoms with Crippen molar-refractivity contribution < 1.29 is 14.0 Å². The summed E-state index contributed by atoms with van der Waals surface area (Å²) in [5, 5.41) is 3.22. The monoisotopic (exact) mass is 346 g/mol. The summed E-state index contributed by atoms with van der Waals surface area (Å²) >= 11 is 5.79. The van der Waals surface area contributed by atoms with Gasteiger partial charge in [-0.05, 0) is 48.0 Å². The first-order chi connectivity index (χ1) is 11.4. The number of hydrogen-bond donors (Lipinski definition) is 1. The number of anilines is 1. The largest absolute Gasteiger partial charge is 0.333 e. The van der Waals surface area contributed by atoms with Crippen LogP contribution >= 0.6 is 11.6 Å². The Hall–Kier alpha value is -2.66. The van der Waals surface area contributed by atoms with Crippen molar-refractivity contribution in [2.45, 2.75) is 0 Å². The standard InChI is InChI=1S/C18H16ClFN2O2/c1-22(12-17(23)21-16-9-7-15(20)8-10-16)18(24)11-4-13-2-5-14(19)6-3-13/h2-11H,12H2,1H3,(H,21,23)/b11-4+. The van der Waals surface area contributed by atoms with Crippen LogP contribution in [0, 0.1) is 5.82 Å². The third-order valence-corrected chi connectivity index (χ3v) is 3.43. The van der Waals surface area contributed by atoms with Crippen LogP contribution in [-0.2, 0) is 9.59 Å². The number of benzene rings is 2. The fourth-order valence-corrected chi connectivity index (χ4v) is 2.02. The summed E-state index contributed by atoms with van der Waals surface area (Å²) in [7, 11) is 1.53. The van der Waals surface area contributed by atoms with Crippen molar-refractivity contribution in [2.24, 2.45) is 0 Å². The van der Waals surface area contributed by atoms with Gasteiger partial charge in [0.25, 0.3) is 0 Å². The average molecular weight is 347 g/mol. The number of likely N-dealkylation sites (N-methyl/N-ethyl adjacent to an activating group) is 1. The lowest BCUT2D eigenvalue weighted by atomic mass is 10.2. The number of amides is 2. The zero-order chi connectivity index (χ0) is 17.5. The van der Waals surface area contributed by atoms with Crippen LogP contribution in [0.2, 0.25) is 5.02 Å². The van der Waals surface area contributed by atoms with E-state index in [1.54, 1.807) is 30.3 Å². The molecule has 0 atom stereocenters. The minimum atomic E-state index is -0.382. The molecule has 2 rings (SSSR count). The number of nitrogens with one attached hydrogen (secondary N) is 1. The predicted molar refractivity (Wildman–Crippen MR) is 93.2 cm³/mol. The molecule has 0 aliphatic rings. The molecular formula is C18H16ClFN2O2. The van der Waals surface area contributed by atoms with Crippen molar-refractivity contribution in [3.8, 4) is 0 Å². The number of carbonyl (C=O) groups is 2. The summed E-state index contributed by atoms with van der Waals surface area (Å²) in [5.74, 6) is -1.05. The van der Waals surface area contributed by atoms with Crippen LogP contribution < -0.4 is 5.32 Å². The second-order valence-corrected chi connectivity index (χ2v) is 5.57. The van der Waals surface area contributed by atoms with Gasteiger partial charge in [0.15, 0.2) is 0 Å². The molecule has 0 aliphatic heterocycles. The van der Waals surface area contributed by atoms with Gasteiger partial charge in [0.2, 0.25) is 11.8 Å². The minimum absolute atomic E-state index is 0.110. The highest BCUT2D eigenvalue weighted by Gasteiger charge is 2.10. The van der Waals surface area contributed by atoms with Gasteiger partial charge in [-0.3, -0.25) is 9.59 Å². The topological polar surface area (TPSA) is 49.4 Å². The van der Waals surface area contributed by atoms with E-state index in [9.17, 15) is 14.0 Å². The molecular weight excluding hydrogens is 331 g/mol. The van der Waals surface area contributed by atoms with Crippen LogP contribution in [0.25, 0.3) is 6.08 Å². The summed E-state index contributed by atoms with van der Waals surface area (Å²) in [6.07, 6.45) is 3.03. The van der Waals surface area contributed by atoms with Crippen LogP contribution in [0.5, 0.6) is 0 Å². The first-order valence-corrected chi connectivity index (χ1v) is 7.56. The lowest BCUT2D eigenvalue weighted by molar-refractivity contribution is -0.129. The maximum absolute atomic E-state index is 12.8. The molecule has 1 N–H and O–H groups in total. The van der Waals surface area contributed by atoms with Crippen molar-refractivity contribution in [2.75, 3.05) is 18.9 Å². The fourth-order valence-electron chi connectivity index (χ4n) is 1.90. The van der Waals surface area contributed by atoms with Crippen molar-refractivity contribution in [1.29, 1.82) is 0 Å². The van der Waals surface area contributed by atoms with Gasteiger partial charge in [-0.15, -0.1) is 0 Å². The molecule has 0 heterocycles. The molecule has 24 heavy (non-hydrogen) atoms. The van der Waals surface area contributed by atoms with Crippen molar-refractivity contribution in [1.82, 2.24) is 4.90 Å². The molecule has 2 aromatic rings. The van der Waals surface area contributed by atoms with E-state index in [0.29, 0.717) is 10.7 Å². The SMILES string of the molecule is CN(CC(=O)Nc1ccc(F)cc1)C(=O)/C=C/c1ccc(Cl)cc1. The highest BCUT2D eigenvalue weighted by Crippen LogP contribution is 2.11. The zero-order valence-corrected chi connectivity index (χ0v) is 13.8. The smallest absolute Gasteiger partial charge is 0.246 e. The van der Waals surface area contributed by atoms with Crippen molar-refractivity contribution in [3.05, 3.63) is 71.0 Å². The van der Waals surface area contributed by atoms with E-state index in [0.717, 1.165) is 5.56 Å². The van der Waals surface area contributed by atoms with Crippen LogP contribution in [0.4, 0.5) is 10.1 Å². The Bertz CT molecular complexity index is 743. The van der Waals surface area contributed by atoms with Crippen LogP contribution in [-0.4, -0.2) is 30.3 Å². The van der Waals surface area contributed by atoms with Crippen LogP contribution in [0.3, 0.4) is 0 Å². The van der Waals surface area contributed by atoms with Gasteiger partial charge < -0.3 is 10.2 Å². The summed E-state index contributed by atoms with van der Waals surface area (Å²) in [5.41, 5.74) is 1.30. The molecule has 0 aliphatic carbocycles. The number of carbonyl (C=O) groups excluding carboxylic acids is 2. The molecule has 0 bridgehead atoms. The molecule has 2 aromatic carbocycles. The Labute approximate surface area is 144 Å². The summed E-state index contributed by atoms with van der Waals surface area (Å²) in [6.45, 7) is -0.110. The van der Waals surface area contributed by atoms with Gasteiger partial charge >= 0.3 is 0 Å². The van der Waals surface area contributed by atoms with Gasteiger partial charge in [0.1, 0.15) is 5.82 Å². The molecule has 4 nitrogen and oxygen atoms in total. The number of hydrogen-bond acceptors (Lipinski definition) is 2. The van der Waals surface area contributed by atoms with Crippen molar-refractivity contribution in [3.63, 3.8) is 0 Å². The summed E-state index contributed by atoms with van der Waals surface area (Å²) in [4.78, 5) is 25.2. The van der Waals surface area contributed by atoms with Gasteiger partial charge in [0, 0.05) is 23.8 Å². The molecule has 2 amide bonds. The first kappa shape index (κ1) is 17.7. The average Bonchev–Trinajstić information content (AvgIpc) is 2.56. The molecule has 0 unspecified atom stereocenters. The predicted octanol–water partition coefficient (Wildman–Crippen LogP) is 3.59. The second kappa shape index (κ2) is 8.26. The maximum Gasteiger partial charge on any atom is 0.246 e. The zero-order valence-electron chi connectivity index (χ0n) is 13.0. The molecule has 0 fully saturated rings. The molecule has 0 saturated heterocycles. The Morgan fingerprint density at radius 2 is 1.75 bits per heavy atom. The van der Waals surface area contributed by atoms with E-state index >= 15 is 0 Å². The highest BCUT2D eigenvalue weighted by molar-refractivity contribution is 6.30. The Morgan fingerprint density at radius 3 is 2.38 bits per heavy atom. The van der Waals surface area contributed by atoms with E-state index in [-0.39, 0.29) is 24.2 Å². The van der Waals surface area contributed by atoms with Gasteiger partial charge in [-0.25, -0.2) is 4.39 Å². The summed E-state index contributed by atoms with van der Waals surface area (Å²) in [6, 6.07) is 12.4. The number of nitrogens with zero attached hydrogens (tertiary/aromatic N) is 1. The van der Waals surface area contributed by atoms with E-state index in [1.807, 2.05) is 0 Å². The van der Waals surface area contributed by atoms with E-state index < -0.39 is 0 Å². The van der Waals surface area contributed by atoms with E-state index in [2.05, 4.69) is 5.32 Å². The van der Waals surface area contributed by atoms with E-state index in [4.69, 9.17) is 11.6 Å². The molecule has 124 valence electrons. The third kappa shape index (κ3) is 5.52. The molecule has 0 spiro atoms. The Morgan fingerprint density at radius 1 is 1.12 bits per heavy atom. The van der Waals surface area contributed by atoms with Gasteiger partial charge in [-0.2, -0.15) is 0 Å². The van der Waals surface area contributed by atoms with Crippen LogP contribution in [0.15, 0.2) is 54.6 Å². The molecule has 0 saturated carbocycles. The molecule has 0 radical (unpaired) electrons. The lowest BCUT2D eigenvalue weighted by Gasteiger charge is -2.14. The van der Waals surface area contributed by atoms with Crippen molar-refractivity contribution >= 4 is 35.2 Å². The Balaban J connectivity index is 1.87. The molecule has 6 heteroatoms. The quantitative estimate of drug-likeness (QED) is 0.841. The lowest BCUT2D eigenvalue weighted by Crippen LogP contribution is -2.33. The van der Waals surface area contributed by atoms with Gasteiger partial charge in [0.05, 0.1) is 6.54 Å². The second-order valence-electron chi connectivity index (χ2n) is 5.13. The Kier molecular flexibility index (Phi) is 6.09. The minimum Gasteiger partial charge on any atom is -0.333 e. The fraction of sp³-hybridized carbons (Fsp3) is 0.111. The highest BCUT2D eigenvalue weighted by atomic mass is 35.5. The van der Waals surface area contributed by atoms with Crippen LogP contribution in [0.1, 0.15) is 5.56 Å².